The van der Waals surface area contributed by atoms with Gasteiger partial charge in [-0.1, -0.05) is 0 Å². The second kappa shape index (κ2) is 9.83. The highest BCUT2D eigenvalue weighted by atomic mass is 19.4. The molecular weight excluding hydrogens is 525 g/mol. The third-order valence-electron chi connectivity index (χ3n) is 6.27. The van der Waals surface area contributed by atoms with Crippen LogP contribution in [0.15, 0.2) is 23.1 Å². The number of likely N-dealkylation sites (tertiary alicyclic amines) is 1. The van der Waals surface area contributed by atoms with Crippen LogP contribution in [-0.4, -0.2) is 50.0 Å². The summed E-state index contributed by atoms with van der Waals surface area (Å²) in [5.41, 5.74) is -3.11. The average molecular weight is 546 g/mol. The number of anilines is 1. The molecule has 1 aliphatic heterocycles. The number of aromatic amines is 1. The smallest absolute Gasteiger partial charge is 0.361 e. The lowest BCUT2D eigenvalue weighted by molar-refractivity contribution is -0.183. The number of amides is 1. The highest BCUT2D eigenvalue weighted by Gasteiger charge is 2.42. The summed E-state index contributed by atoms with van der Waals surface area (Å²) >= 11 is 0. The van der Waals surface area contributed by atoms with Crippen molar-refractivity contribution in [1.82, 2.24) is 24.8 Å². The number of carbonyl (C=O) groups is 1. The number of nitrogens with one attached hydrogen (secondary N) is 2. The lowest BCUT2D eigenvalue weighted by Gasteiger charge is -2.32. The first-order valence-electron chi connectivity index (χ1n) is 11.4. The molecule has 15 heteroatoms. The summed E-state index contributed by atoms with van der Waals surface area (Å²) in [6.45, 7) is 2.34. The lowest BCUT2D eigenvalue weighted by Crippen LogP contribution is -2.42. The first-order chi connectivity index (χ1) is 17.6. The summed E-state index contributed by atoms with van der Waals surface area (Å²) in [5, 5.41) is 2.30. The van der Waals surface area contributed by atoms with E-state index in [1.165, 1.54) is 13.8 Å². The van der Waals surface area contributed by atoms with E-state index in [0.717, 1.165) is 23.2 Å². The van der Waals surface area contributed by atoms with Crippen molar-refractivity contribution in [3.63, 3.8) is 0 Å². The fourth-order valence-corrected chi connectivity index (χ4v) is 4.28. The van der Waals surface area contributed by atoms with Crippen LogP contribution in [0.4, 0.5) is 36.6 Å². The van der Waals surface area contributed by atoms with Gasteiger partial charge in [0.1, 0.15) is 5.82 Å². The predicted octanol–water partition coefficient (Wildman–Crippen LogP) is 4.77. The SMILES string of the molecule is Cc1nc2nc(C(F)(F)F)c(C(C)Nc3ncc(C(=O)N4CCC(C(F)(F)F)CC4)cc3F)cc2c(=O)[nH]1. The van der Waals surface area contributed by atoms with E-state index in [1.54, 1.807) is 0 Å². The fraction of sp³-hybridized carbons (Fsp3) is 0.435. The van der Waals surface area contributed by atoms with Crippen LogP contribution in [0.3, 0.4) is 0 Å². The Balaban J connectivity index is 1.57. The van der Waals surface area contributed by atoms with Crippen LogP contribution < -0.4 is 10.9 Å². The van der Waals surface area contributed by atoms with Gasteiger partial charge in [-0.15, -0.1) is 0 Å². The highest BCUT2D eigenvalue weighted by Crippen LogP contribution is 2.36. The standard InChI is InChI=1S/C23H21F7N6O2/c1-10(14-8-15-18(33-11(2)34-20(15)37)35-17(14)23(28,29)30)32-19-16(24)7-12(9-31-19)21(38)36-5-3-13(4-6-36)22(25,26)27/h7-10,13H,3-6H2,1-2H3,(H,31,32)(H,33,34,35,37). The van der Waals surface area contributed by atoms with Crippen LogP contribution in [0.25, 0.3) is 11.0 Å². The normalized spacial score (nSPS) is 16.1. The van der Waals surface area contributed by atoms with Crippen molar-refractivity contribution in [2.75, 3.05) is 18.4 Å². The minimum absolute atomic E-state index is 0.0766. The number of fused-ring (bicyclic) bond motifs is 1. The average Bonchev–Trinajstić information content (AvgIpc) is 2.83. The molecule has 2 N–H and O–H groups in total. The molecular formula is C23H21F7N6O2. The highest BCUT2D eigenvalue weighted by molar-refractivity contribution is 5.94. The van der Waals surface area contributed by atoms with Crippen molar-refractivity contribution in [1.29, 1.82) is 0 Å². The number of hydrogen-bond donors (Lipinski definition) is 2. The first kappa shape index (κ1) is 27.3. The van der Waals surface area contributed by atoms with Gasteiger partial charge in [-0.2, -0.15) is 26.3 Å². The van der Waals surface area contributed by atoms with Crippen molar-refractivity contribution in [3.05, 3.63) is 57.1 Å². The van der Waals surface area contributed by atoms with E-state index < -0.39 is 64.3 Å². The Morgan fingerprint density at radius 3 is 2.37 bits per heavy atom. The molecule has 38 heavy (non-hydrogen) atoms. The van der Waals surface area contributed by atoms with E-state index in [0.29, 0.717) is 0 Å². The Labute approximate surface area is 210 Å². The third-order valence-corrected chi connectivity index (χ3v) is 6.27. The summed E-state index contributed by atoms with van der Waals surface area (Å²) in [6, 6.07) is 0.532. The number of carbonyl (C=O) groups excluding carboxylic acids is 1. The zero-order chi connectivity index (χ0) is 28.0. The van der Waals surface area contributed by atoms with Gasteiger partial charge in [0, 0.05) is 24.8 Å². The Bertz CT molecular complexity index is 1430. The summed E-state index contributed by atoms with van der Waals surface area (Å²) in [5.74, 6) is -3.69. The molecule has 4 rings (SSSR count). The third kappa shape index (κ3) is 5.55. The predicted molar refractivity (Wildman–Crippen MR) is 121 cm³/mol. The van der Waals surface area contributed by atoms with Gasteiger partial charge in [0.25, 0.3) is 11.5 Å². The number of aryl methyl sites for hydroxylation is 1. The first-order valence-corrected chi connectivity index (χ1v) is 11.4. The molecule has 0 bridgehead atoms. The molecule has 1 unspecified atom stereocenters. The number of H-pyrrole nitrogens is 1. The number of aromatic nitrogens is 4. The molecule has 0 radical (unpaired) electrons. The maximum Gasteiger partial charge on any atom is 0.433 e. The van der Waals surface area contributed by atoms with E-state index in [2.05, 4.69) is 25.3 Å². The van der Waals surface area contributed by atoms with Gasteiger partial charge < -0.3 is 15.2 Å². The van der Waals surface area contributed by atoms with Crippen molar-refractivity contribution < 1.29 is 35.5 Å². The van der Waals surface area contributed by atoms with Crippen LogP contribution in [0.5, 0.6) is 0 Å². The quantitative estimate of drug-likeness (QED) is 0.457. The van der Waals surface area contributed by atoms with Crippen LogP contribution in [-0.2, 0) is 6.18 Å². The Morgan fingerprint density at radius 1 is 1.13 bits per heavy atom. The van der Waals surface area contributed by atoms with E-state index >= 15 is 0 Å². The molecule has 8 nitrogen and oxygen atoms in total. The zero-order valence-electron chi connectivity index (χ0n) is 20.0. The molecule has 1 saturated heterocycles. The second-order valence-electron chi connectivity index (χ2n) is 8.98. The fourth-order valence-electron chi connectivity index (χ4n) is 4.28. The Kier molecular flexibility index (Phi) is 7.05. The molecule has 1 fully saturated rings. The lowest BCUT2D eigenvalue weighted by atomic mass is 9.96. The summed E-state index contributed by atoms with van der Waals surface area (Å²) in [4.78, 5) is 39.6. The molecule has 204 valence electrons. The van der Waals surface area contributed by atoms with Gasteiger partial charge in [-0.3, -0.25) is 9.59 Å². The van der Waals surface area contributed by atoms with Crippen molar-refractivity contribution in [2.24, 2.45) is 5.92 Å². The maximum atomic E-state index is 14.8. The van der Waals surface area contributed by atoms with Crippen LogP contribution in [0.2, 0.25) is 0 Å². The summed E-state index contributed by atoms with van der Waals surface area (Å²) in [6.07, 6.45) is -8.85. The van der Waals surface area contributed by atoms with Crippen LogP contribution >= 0.6 is 0 Å². The molecule has 3 aromatic rings. The monoisotopic (exact) mass is 546 g/mol. The Morgan fingerprint density at radius 2 is 1.79 bits per heavy atom. The minimum Gasteiger partial charge on any atom is -0.361 e. The molecule has 0 spiro atoms. The Hall–Kier alpha value is -3.78. The topological polar surface area (TPSA) is 104 Å². The number of nitrogens with zero attached hydrogens (tertiary/aromatic N) is 4. The number of rotatable bonds is 4. The molecule has 3 aromatic heterocycles. The molecule has 1 amide bonds. The number of halogens is 7. The number of hydrogen-bond acceptors (Lipinski definition) is 6. The summed E-state index contributed by atoms with van der Waals surface area (Å²) < 4.78 is 94.7. The minimum atomic E-state index is -4.92. The van der Waals surface area contributed by atoms with E-state index in [1.807, 2.05) is 0 Å². The number of alkyl halides is 6. The van der Waals surface area contributed by atoms with Crippen LogP contribution in [0.1, 0.15) is 53.2 Å². The largest absolute Gasteiger partial charge is 0.433 e. The summed E-state index contributed by atoms with van der Waals surface area (Å²) in [7, 11) is 0. The van der Waals surface area contributed by atoms with Gasteiger partial charge in [-0.25, -0.2) is 19.3 Å². The maximum absolute atomic E-state index is 14.8. The number of pyridine rings is 2. The molecule has 0 saturated carbocycles. The van der Waals surface area contributed by atoms with Gasteiger partial charge >= 0.3 is 12.4 Å². The van der Waals surface area contributed by atoms with Gasteiger partial charge in [-0.05, 0) is 38.8 Å². The zero-order valence-corrected chi connectivity index (χ0v) is 20.0. The second-order valence-corrected chi connectivity index (χ2v) is 8.98. The van der Waals surface area contributed by atoms with Crippen molar-refractivity contribution in [3.8, 4) is 0 Å². The number of piperidine rings is 1. The molecule has 0 aromatic carbocycles. The van der Waals surface area contributed by atoms with Gasteiger partial charge in [0.2, 0.25) is 0 Å². The van der Waals surface area contributed by atoms with E-state index in [9.17, 15) is 40.3 Å². The van der Waals surface area contributed by atoms with Crippen molar-refractivity contribution in [2.45, 2.75) is 45.1 Å². The molecule has 1 atom stereocenters. The van der Waals surface area contributed by atoms with E-state index in [4.69, 9.17) is 0 Å². The van der Waals surface area contributed by atoms with E-state index in [-0.39, 0.29) is 42.7 Å². The van der Waals surface area contributed by atoms with Gasteiger partial charge in [0.15, 0.2) is 23.0 Å². The van der Waals surface area contributed by atoms with Gasteiger partial charge in [0.05, 0.1) is 22.9 Å². The van der Waals surface area contributed by atoms with Crippen LogP contribution in [0, 0.1) is 18.7 Å². The van der Waals surface area contributed by atoms with Crippen molar-refractivity contribution >= 4 is 22.8 Å². The molecule has 1 aliphatic rings. The molecule has 4 heterocycles. The molecule has 0 aliphatic carbocycles.